The summed E-state index contributed by atoms with van der Waals surface area (Å²) in [6.45, 7) is 0.840. The monoisotopic (exact) mass is 1720 g/mol. The highest BCUT2D eigenvalue weighted by Gasteiger charge is 2.49. The van der Waals surface area contributed by atoms with Gasteiger partial charge >= 0.3 is 17.9 Å². The van der Waals surface area contributed by atoms with Crippen molar-refractivity contribution in [3.05, 3.63) is 110 Å². The molecule has 6 saturated heterocycles. The van der Waals surface area contributed by atoms with Gasteiger partial charge in [-0.05, 0) is 101 Å². The van der Waals surface area contributed by atoms with E-state index < -0.39 is 176 Å². The number of amides is 10. The van der Waals surface area contributed by atoms with Crippen LogP contribution in [-0.4, -0.2) is 256 Å². The number of aryl methyl sites for hydroxylation is 1. The number of esters is 1. The number of rotatable bonds is 28. The van der Waals surface area contributed by atoms with Crippen molar-refractivity contribution in [3.63, 3.8) is 0 Å². The van der Waals surface area contributed by atoms with Crippen LogP contribution in [0.25, 0.3) is 11.3 Å². The maximum Gasteiger partial charge on any atom is 0.341 e. The van der Waals surface area contributed by atoms with Crippen molar-refractivity contribution < 1.29 is 118 Å². The Labute approximate surface area is 677 Å². The van der Waals surface area contributed by atoms with Crippen molar-refractivity contribution in [3.8, 4) is 11.3 Å². The van der Waals surface area contributed by atoms with E-state index in [1.807, 2.05) is 30.3 Å². The first-order chi connectivity index (χ1) is 54.2. The Bertz CT molecular complexity index is 4670. The number of carbonyl (C=O) groups excluding carboxylic acids is 15. The summed E-state index contributed by atoms with van der Waals surface area (Å²) in [5.41, 5.74) is 1.01. The molecule has 4 aromatic rings. The van der Waals surface area contributed by atoms with Gasteiger partial charge < -0.3 is 45.4 Å². The summed E-state index contributed by atoms with van der Waals surface area (Å²) < 4.78 is 61.6. The summed E-state index contributed by atoms with van der Waals surface area (Å²) in [6, 6.07) is 6.74. The highest BCUT2D eigenvalue weighted by Crippen LogP contribution is 2.36. The second-order valence-corrected chi connectivity index (χ2v) is 32.5. The first kappa shape index (κ1) is 90.2. The second kappa shape index (κ2) is 40.3. The summed E-state index contributed by atoms with van der Waals surface area (Å²) in [5.74, 6) is -12.9. The van der Waals surface area contributed by atoms with Crippen molar-refractivity contribution in [1.29, 1.82) is 0 Å². The average Bonchev–Trinajstić information content (AvgIpc) is 1.77. The number of oxazole rings is 1. The number of aliphatic carboxylic acids is 2. The number of carboxylic acids is 2. The Morgan fingerprint density at radius 2 is 1.00 bits per heavy atom. The largest absolute Gasteiger partial charge is 0.481 e. The smallest absolute Gasteiger partial charge is 0.341 e. The van der Waals surface area contributed by atoms with Crippen LogP contribution >= 0.6 is 46.4 Å². The molecule has 38 nitrogen and oxygen atoms in total. The lowest BCUT2D eigenvalue weighted by molar-refractivity contribution is -0.176. The number of ether oxygens (including phenoxy) is 1. The highest BCUT2D eigenvalue weighted by molar-refractivity contribution is 7.89. The van der Waals surface area contributed by atoms with Crippen LogP contribution in [-0.2, 0) is 103 Å². The standard InChI is InChI=1S/C32H31Cl2N5O8.C23H26Cl2N4O10S.C16H24N4O7S/c33-19-8-4-9-20(34)28(19)24-17-35-31(47-24)29(44)22(16-27(42)43)37-30(45)23-10-5-15-38-26(41)14-12-21(32(46)39(23)38)36-25(40)13-11-18-6-2-1-3-7-18;1-40(37,38)27-14-7-8-18(31)28-9-3-6-16(29(28)22(14)35)21(34)26-15(10-19(32)33)17(30)11-39-23(36)20-12(24)4-2-5-13(20)25;1-10(22)8-11(9-21)17-15(24)13-4-3-7-19-14(23)6-5-12(16(25)20(13)19)18-28(2,26)27/h1-4,6-9,17,21-23H,5,10-16H2,(H,36,40)(H,37,45)(H,42,43);2,4-5,14-16,27H,3,6-11H2,1H3,(H,26,34)(H,32,33);9,11-13,18H,3-8H2,1-2H3,(H,17,24)/t21-,22-,23-;14-,15-,16-;11-,12-,13-/m000/s1. The zero-order valence-corrected chi connectivity index (χ0v) is 66.5. The summed E-state index contributed by atoms with van der Waals surface area (Å²) in [5, 5.41) is 35.4. The van der Waals surface area contributed by atoms with Crippen LogP contribution in [0.1, 0.15) is 136 Å². The average molecular weight is 1720 g/mol. The third-order valence-corrected chi connectivity index (χ3v) is 21.2. The van der Waals surface area contributed by atoms with E-state index in [0.717, 1.165) is 38.1 Å². The Morgan fingerprint density at radius 3 is 1.44 bits per heavy atom. The van der Waals surface area contributed by atoms with Gasteiger partial charge in [0.05, 0.1) is 68.8 Å². The van der Waals surface area contributed by atoms with Crippen LogP contribution in [0.2, 0.25) is 20.1 Å². The van der Waals surface area contributed by atoms with E-state index in [4.69, 9.17) is 55.6 Å². The molecule has 44 heteroatoms. The molecular weight excluding hydrogens is 1640 g/mol. The number of nitrogens with zero attached hydrogens (tertiary/aromatic N) is 7. The molecule has 8 N–H and O–H groups in total. The van der Waals surface area contributed by atoms with Crippen LogP contribution < -0.4 is 30.7 Å². The molecule has 0 bridgehead atoms. The number of nitrogens with one attached hydrogen (secondary N) is 6. The molecule has 6 fully saturated rings. The van der Waals surface area contributed by atoms with E-state index >= 15 is 0 Å². The third-order valence-electron chi connectivity index (χ3n) is 18.6. The number of sulfonamides is 2. The Hall–Kier alpha value is -10.4. The van der Waals surface area contributed by atoms with Crippen molar-refractivity contribution in [2.45, 2.75) is 170 Å². The number of hydrogen-bond donors (Lipinski definition) is 8. The number of benzene rings is 3. The van der Waals surface area contributed by atoms with Gasteiger partial charge in [0.15, 0.2) is 18.2 Å². The first-order valence-corrected chi connectivity index (χ1v) is 41.1. The Kier molecular flexibility index (Phi) is 31.6. The van der Waals surface area contributed by atoms with Crippen LogP contribution in [0, 0.1) is 0 Å². The molecule has 0 spiro atoms. The molecular formula is C71H81Cl4N13O25S2. The lowest BCUT2D eigenvalue weighted by atomic mass is 10.0. The molecule has 0 radical (unpaired) electrons. The Balaban J connectivity index is 0.000000223. The second-order valence-electron chi connectivity index (χ2n) is 27.3. The minimum Gasteiger partial charge on any atom is -0.481 e. The summed E-state index contributed by atoms with van der Waals surface area (Å²) >= 11 is 24.4. The van der Waals surface area contributed by atoms with Crippen molar-refractivity contribution >= 4 is 167 Å². The number of aldehydes is 1. The van der Waals surface area contributed by atoms with E-state index in [1.54, 1.807) is 18.2 Å². The lowest BCUT2D eigenvalue weighted by Crippen LogP contribution is -2.64. The van der Waals surface area contributed by atoms with Gasteiger partial charge in [-0.2, -0.15) is 0 Å². The number of halogens is 4. The molecule has 10 rings (SSSR count). The number of carboxylic acid groups (broad SMARTS) is 2. The lowest BCUT2D eigenvalue weighted by Gasteiger charge is -2.43. The topological polar surface area (TPSA) is 526 Å². The fraction of sp³-hybridized carbons (Fsp3) is 0.465. The van der Waals surface area contributed by atoms with E-state index in [1.165, 1.54) is 41.3 Å². The maximum absolute atomic E-state index is 13.8. The fourth-order valence-electron chi connectivity index (χ4n) is 13.3. The van der Waals surface area contributed by atoms with Gasteiger partial charge in [-0.15, -0.1) is 0 Å². The van der Waals surface area contributed by atoms with Crippen LogP contribution in [0.15, 0.2) is 77.3 Å². The predicted molar refractivity (Wildman–Crippen MR) is 402 cm³/mol. The SMILES string of the molecule is CC(=O)C[C@@H](C=O)NC(=O)[C@@H]1CCCN2C(=O)CC[C@H](NS(C)(=O)=O)C(=O)N12.CS(=O)(=O)N[C@H]1CCC(=O)N2CCC[C@@H](C(=O)N[C@@H](CC(=O)O)C(=O)COC(=O)c3c(Cl)cccc3Cl)N2C1=O.O=C(O)C[C@H](NC(=O)[C@@H]1CCCN2C(=O)CC[C@H](NC(=O)CCc3ccccc3)C(=O)N12)C(=O)c1ncc(-c2c(Cl)cccc2Cl)o1. The molecule has 6 aliphatic rings. The Morgan fingerprint density at radius 1 is 0.574 bits per heavy atom. The molecule has 1 aromatic heterocycles. The van der Waals surface area contributed by atoms with Gasteiger partial charge in [0.1, 0.15) is 60.4 Å². The van der Waals surface area contributed by atoms with Crippen LogP contribution in [0.4, 0.5) is 0 Å². The predicted octanol–water partition coefficient (Wildman–Crippen LogP) is 1.66. The van der Waals surface area contributed by atoms with Crippen LogP contribution in [0.5, 0.6) is 0 Å². The first-order valence-electron chi connectivity index (χ1n) is 35.8. The number of carbonyl (C=O) groups is 17. The van der Waals surface area contributed by atoms with E-state index in [9.17, 15) is 109 Å². The van der Waals surface area contributed by atoms with Gasteiger partial charge in [-0.25, -0.2) is 51.1 Å². The van der Waals surface area contributed by atoms with Gasteiger partial charge in [0.2, 0.25) is 67.2 Å². The van der Waals surface area contributed by atoms with Crippen LogP contribution in [0.3, 0.4) is 0 Å². The fourth-order valence-corrected chi connectivity index (χ4v) is 15.9. The van der Waals surface area contributed by atoms with Crippen molar-refractivity contribution in [1.82, 2.24) is 65.7 Å². The molecule has 7 heterocycles. The number of hydrazine groups is 3. The number of hydrogen-bond acceptors (Lipinski definition) is 24. The molecule has 9 atom stereocenters. The molecule has 0 saturated carbocycles. The molecule has 6 aliphatic heterocycles. The quantitative estimate of drug-likeness (QED) is 0.0228. The molecule has 0 aliphatic carbocycles. The number of fused-ring (bicyclic) bond motifs is 3. The van der Waals surface area contributed by atoms with E-state index in [0.29, 0.717) is 32.0 Å². The van der Waals surface area contributed by atoms with Gasteiger partial charge in [-0.3, -0.25) is 86.9 Å². The zero-order valence-electron chi connectivity index (χ0n) is 61.8. The number of Topliss-reactive ketones (excluding diaryl/α,β-unsaturated/α-hetero) is 3. The normalized spacial score (nSPS) is 20.5. The third kappa shape index (κ3) is 24.4. The summed E-state index contributed by atoms with van der Waals surface area (Å²) in [4.78, 5) is 219. The van der Waals surface area contributed by atoms with Gasteiger partial charge in [0.25, 0.3) is 23.6 Å². The van der Waals surface area contributed by atoms with Gasteiger partial charge in [-0.1, -0.05) is 88.9 Å². The summed E-state index contributed by atoms with van der Waals surface area (Å²) in [7, 11) is -7.56. The van der Waals surface area contributed by atoms with Crippen molar-refractivity contribution in [2.75, 3.05) is 38.8 Å². The molecule has 10 amide bonds. The minimum absolute atomic E-state index is 0.0205. The maximum atomic E-state index is 13.8. The molecule has 3 aromatic carbocycles. The van der Waals surface area contributed by atoms with Gasteiger partial charge in [0, 0.05) is 51.7 Å². The van der Waals surface area contributed by atoms with Crippen molar-refractivity contribution in [2.24, 2.45) is 0 Å². The number of ketones is 3. The number of aromatic nitrogens is 1. The minimum atomic E-state index is -3.84. The molecule has 0 unspecified atom stereocenters. The molecule has 115 heavy (non-hydrogen) atoms. The van der Waals surface area contributed by atoms with E-state index in [2.05, 4.69) is 35.7 Å². The zero-order chi connectivity index (χ0) is 84.5. The highest BCUT2D eigenvalue weighted by atomic mass is 35.5. The van der Waals surface area contributed by atoms with E-state index in [-0.39, 0.29) is 145 Å². The molecule has 620 valence electrons. The summed E-state index contributed by atoms with van der Waals surface area (Å²) in [6.07, 6.45) is 3.21.